The zero-order valence-corrected chi connectivity index (χ0v) is 16.6. The third kappa shape index (κ3) is 3.61. The smallest absolute Gasteiger partial charge is 0.277 e. The van der Waals surface area contributed by atoms with Crippen molar-refractivity contribution in [2.24, 2.45) is 0 Å². The van der Waals surface area contributed by atoms with Gasteiger partial charge >= 0.3 is 0 Å². The summed E-state index contributed by atoms with van der Waals surface area (Å²) in [5.74, 6) is 0.726. The number of benzene rings is 2. The molecule has 2 heterocycles. The number of aryl methyl sites for hydroxylation is 1. The molecular formula is C20H17Cl2N5O. The quantitative estimate of drug-likeness (QED) is 0.513. The summed E-state index contributed by atoms with van der Waals surface area (Å²) in [6.07, 6.45) is 0.512. The van der Waals surface area contributed by atoms with E-state index < -0.39 is 0 Å². The maximum Gasteiger partial charge on any atom is 0.277 e. The van der Waals surface area contributed by atoms with E-state index in [9.17, 15) is 4.79 Å². The van der Waals surface area contributed by atoms with Crippen LogP contribution in [-0.4, -0.2) is 19.6 Å². The van der Waals surface area contributed by atoms with E-state index >= 15 is 0 Å². The Hall–Kier alpha value is -2.83. The van der Waals surface area contributed by atoms with E-state index in [2.05, 4.69) is 20.4 Å². The number of aromatic amines is 1. The molecule has 8 heteroatoms. The first kappa shape index (κ1) is 18.5. The van der Waals surface area contributed by atoms with Crippen LogP contribution in [0, 0.1) is 6.92 Å². The van der Waals surface area contributed by atoms with Crippen molar-refractivity contribution < 1.29 is 0 Å². The number of rotatable bonds is 5. The second kappa shape index (κ2) is 7.66. The largest absolute Gasteiger partial charge is 0.350 e. The lowest BCUT2D eigenvalue weighted by Crippen LogP contribution is -2.22. The highest BCUT2D eigenvalue weighted by Gasteiger charge is 2.14. The molecule has 2 aromatic heterocycles. The summed E-state index contributed by atoms with van der Waals surface area (Å²) in [6.45, 7) is 2.19. The van der Waals surface area contributed by atoms with Crippen LogP contribution in [0.15, 0.2) is 53.3 Å². The molecule has 0 bridgehead atoms. The molecule has 0 saturated heterocycles. The maximum absolute atomic E-state index is 12.9. The van der Waals surface area contributed by atoms with Crippen LogP contribution < -0.4 is 10.9 Å². The summed E-state index contributed by atoms with van der Waals surface area (Å²) in [4.78, 5) is 21.8. The molecule has 4 aromatic rings. The fourth-order valence-electron chi connectivity index (χ4n) is 3.01. The molecular weight excluding hydrogens is 397 g/mol. The molecule has 0 radical (unpaired) electrons. The van der Waals surface area contributed by atoms with Gasteiger partial charge in [0.05, 0.1) is 5.69 Å². The van der Waals surface area contributed by atoms with E-state index in [4.69, 9.17) is 23.2 Å². The minimum atomic E-state index is -0.164. The first-order valence-electron chi connectivity index (χ1n) is 8.72. The zero-order valence-electron chi connectivity index (χ0n) is 15.0. The molecule has 0 fully saturated rings. The average molecular weight is 414 g/mol. The number of halogens is 2. The lowest BCUT2D eigenvalue weighted by atomic mass is 10.1. The Labute approximate surface area is 171 Å². The number of nitrogens with one attached hydrogen (secondary N) is 2. The topological polar surface area (TPSA) is 75.1 Å². The minimum Gasteiger partial charge on any atom is -0.350 e. The van der Waals surface area contributed by atoms with E-state index in [1.54, 1.807) is 18.2 Å². The van der Waals surface area contributed by atoms with Gasteiger partial charge in [-0.15, -0.1) is 0 Å². The van der Waals surface area contributed by atoms with Crippen molar-refractivity contribution in [1.29, 1.82) is 0 Å². The maximum atomic E-state index is 12.9. The molecule has 6 nitrogen and oxygen atoms in total. The summed E-state index contributed by atoms with van der Waals surface area (Å²) in [6, 6.07) is 15.2. The number of anilines is 1. The van der Waals surface area contributed by atoms with Gasteiger partial charge in [-0.05, 0) is 24.6 Å². The van der Waals surface area contributed by atoms with Gasteiger partial charge in [-0.1, -0.05) is 59.6 Å². The first-order chi connectivity index (χ1) is 13.5. The van der Waals surface area contributed by atoms with Gasteiger partial charge in [-0.25, -0.2) is 4.98 Å². The van der Waals surface area contributed by atoms with Crippen molar-refractivity contribution in [3.8, 4) is 0 Å². The van der Waals surface area contributed by atoms with Crippen LogP contribution in [0.1, 0.15) is 22.4 Å². The van der Waals surface area contributed by atoms with Crippen molar-refractivity contribution in [2.75, 3.05) is 5.32 Å². The Morgan fingerprint density at radius 3 is 2.43 bits per heavy atom. The van der Waals surface area contributed by atoms with Gasteiger partial charge in [0, 0.05) is 34.1 Å². The lowest BCUT2D eigenvalue weighted by Gasteiger charge is -2.07. The molecule has 0 aliphatic rings. The molecule has 0 unspecified atom stereocenters. The minimum absolute atomic E-state index is 0.164. The second-order valence-corrected chi connectivity index (χ2v) is 7.22. The number of nitrogens with zero attached hydrogens (tertiary/aromatic N) is 3. The summed E-state index contributed by atoms with van der Waals surface area (Å²) in [5.41, 5.74) is 2.94. The number of hydrogen-bond donors (Lipinski definition) is 2. The lowest BCUT2D eigenvalue weighted by molar-refractivity contribution is 0.857. The second-order valence-electron chi connectivity index (χ2n) is 6.40. The highest BCUT2D eigenvalue weighted by atomic mass is 35.5. The highest BCUT2D eigenvalue weighted by molar-refractivity contribution is 6.36. The van der Waals surface area contributed by atoms with Gasteiger partial charge < -0.3 is 5.32 Å². The third-order valence-electron chi connectivity index (χ3n) is 4.51. The fourth-order valence-corrected chi connectivity index (χ4v) is 3.54. The van der Waals surface area contributed by atoms with E-state index in [0.717, 1.165) is 11.1 Å². The molecule has 0 atom stereocenters. The first-order valence-corrected chi connectivity index (χ1v) is 9.47. The van der Waals surface area contributed by atoms with Crippen LogP contribution in [0.4, 0.5) is 5.95 Å². The van der Waals surface area contributed by atoms with Crippen molar-refractivity contribution in [3.05, 3.63) is 91.3 Å². The molecule has 2 N–H and O–H groups in total. The summed E-state index contributed by atoms with van der Waals surface area (Å²) in [5, 5.41) is 7.20. The Morgan fingerprint density at radius 1 is 1.00 bits per heavy atom. The SMILES string of the molecule is Cc1nc2nc(NCc3c(Cl)cccc3Cl)[nH]n2c(=O)c1Cc1ccccc1. The zero-order chi connectivity index (χ0) is 19.7. The Kier molecular flexibility index (Phi) is 5.07. The number of aromatic nitrogens is 4. The predicted molar refractivity (Wildman–Crippen MR) is 111 cm³/mol. The number of hydrogen-bond acceptors (Lipinski definition) is 4. The Bertz CT molecular complexity index is 1180. The predicted octanol–water partition coefficient (Wildman–Crippen LogP) is 4.24. The normalized spacial score (nSPS) is 11.1. The molecule has 142 valence electrons. The van der Waals surface area contributed by atoms with Gasteiger partial charge in [0.25, 0.3) is 11.3 Å². The monoisotopic (exact) mass is 413 g/mol. The standard InChI is InChI=1S/C20H17Cl2N5O/c1-12-14(10-13-6-3-2-4-7-13)18(28)27-20(24-12)25-19(26-27)23-11-15-16(21)8-5-9-17(15)22/h2-9H,10-11H2,1H3,(H2,23,24,25,26). The molecule has 2 aromatic carbocycles. The van der Waals surface area contributed by atoms with Crippen LogP contribution >= 0.6 is 23.2 Å². The van der Waals surface area contributed by atoms with Crippen LogP contribution in [-0.2, 0) is 13.0 Å². The van der Waals surface area contributed by atoms with Crippen molar-refractivity contribution in [1.82, 2.24) is 19.6 Å². The fraction of sp³-hybridized carbons (Fsp3) is 0.150. The van der Waals surface area contributed by atoms with Crippen LogP contribution in [0.3, 0.4) is 0 Å². The molecule has 28 heavy (non-hydrogen) atoms. The summed E-state index contributed by atoms with van der Waals surface area (Å²) < 4.78 is 1.35. The van der Waals surface area contributed by atoms with E-state index in [1.165, 1.54) is 4.52 Å². The molecule has 0 amide bonds. The van der Waals surface area contributed by atoms with Gasteiger partial charge in [0.1, 0.15) is 0 Å². The number of H-pyrrole nitrogens is 1. The molecule has 0 saturated carbocycles. The Balaban J connectivity index is 1.64. The Morgan fingerprint density at radius 2 is 1.71 bits per heavy atom. The van der Waals surface area contributed by atoms with Crippen LogP contribution in [0.5, 0.6) is 0 Å². The van der Waals surface area contributed by atoms with Gasteiger partial charge in [0.2, 0.25) is 5.95 Å². The summed E-state index contributed by atoms with van der Waals surface area (Å²) >= 11 is 12.4. The number of fused-ring (bicyclic) bond motifs is 1. The van der Waals surface area contributed by atoms with E-state index in [0.29, 0.717) is 46.0 Å². The van der Waals surface area contributed by atoms with Gasteiger partial charge in [0.15, 0.2) is 0 Å². The van der Waals surface area contributed by atoms with Crippen molar-refractivity contribution in [2.45, 2.75) is 19.9 Å². The van der Waals surface area contributed by atoms with Crippen molar-refractivity contribution >= 4 is 34.9 Å². The van der Waals surface area contributed by atoms with Gasteiger partial charge in [-0.3, -0.25) is 9.89 Å². The van der Waals surface area contributed by atoms with Gasteiger partial charge in [-0.2, -0.15) is 9.50 Å². The average Bonchev–Trinajstić information content (AvgIpc) is 3.08. The van der Waals surface area contributed by atoms with E-state index in [1.807, 2.05) is 37.3 Å². The third-order valence-corrected chi connectivity index (χ3v) is 5.22. The highest BCUT2D eigenvalue weighted by Crippen LogP contribution is 2.24. The van der Waals surface area contributed by atoms with Crippen molar-refractivity contribution in [3.63, 3.8) is 0 Å². The van der Waals surface area contributed by atoms with E-state index in [-0.39, 0.29) is 5.56 Å². The molecule has 4 rings (SSSR count). The molecule has 0 aliphatic heterocycles. The molecule has 0 spiro atoms. The molecule has 0 aliphatic carbocycles. The van der Waals surface area contributed by atoms with Crippen LogP contribution in [0.2, 0.25) is 10.0 Å². The summed E-state index contributed by atoms with van der Waals surface area (Å²) in [7, 11) is 0. The van der Waals surface area contributed by atoms with Crippen LogP contribution in [0.25, 0.3) is 5.78 Å².